The minimum Gasteiger partial charge on any atom is -0.491 e. The van der Waals surface area contributed by atoms with Gasteiger partial charge in [-0.15, -0.1) is 0 Å². The molecule has 0 aliphatic rings. The zero-order valence-electron chi connectivity index (χ0n) is 15.6. The van der Waals surface area contributed by atoms with Crippen molar-refractivity contribution >= 4 is 23.6 Å². The lowest BCUT2D eigenvalue weighted by Gasteiger charge is -2.16. The standard InChI is InChI=1S/C21H24ClNO3/c1-5-26-19-13-16(12-18(22)21(19)25-4)10-11-20(24)23(3)14-17-9-7-6-8-15(17)2/h6-13H,5,14H2,1-4H3/b11-10+. The number of aryl methyl sites for hydroxylation is 1. The van der Waals surface area contributed by atoms with E-state index in [9.17, 15) is 4.79 Å². The minimum absolute atomic E-state index is 0.0850. The second-order valence-corrected chi connectivity index (χ2v) is 6.33. The van der Waals surface area contributed by atoms with Gasteiger partial charge in [-0.25, -0.2) is 0 Å². The number of amides is 1. The van der Waals surface area contributed by atoms with Crippen molar-refractivity contribution in [1.82, 2.24) is 4.90 Å². The number of likely N-dealkylation sites (N-methyl/N-ethyl adjacent to an activating group) is 1. The fraction of sp³-hybridized carbons (Fsp3) is 0.286. The molecule has 0 aromatic heterocycles. The zero-order chi connectivity index (χ0) is 19.1. The smallest absolute Gasteiger partial charge is 0.246 e. The number of benzene rings is 2. The van der Waals surface area contributed by atoms with E-state index in [1.807, 2.05) is 38.1 Å². The van der Waals surface area contributed by atoms with Crippen LogP contribution in [0.5, 0.6) is 11.5 Å². The van der Waals surface area contributed by atoms with Gasteiger partial charge in [-0.1, -0.05) is 35.9 Å². The number of halogens is 1. The summed E-state index contributed by atoms with van der Waals surface area (Å²) < 4.78 is 10.8. The van der Waals surface area contributed by atoms with Gasteiger partial charge in [0.25, 0.3) is 0 Å². The quantitative estimate of drug-likeness (QED) is 0.659. The lowest BCUT2D eigenvalue weighted by atomic mass is 10.1. The normalized spacial score (nSPS) is 10.8. The SMILES string of the molecule is CCOc1cc(/C=C/C(=O)N(C)Cc2ccccc2C)cc(Cl)c1OC. The molecule has 0 heterocycles. The summed E-state index contributed by atoms with van der Waals surface area (Å²) in [5, 5.41) is 0.443. The highest BCUT2D eigenvalue weighted by molar-refractivity contribution is 6.32. The molecule has 0 aliphatic heterocycles. The molecule has 0 atom stereocenters. The summed E-state index contributed by atoms with van der Waals surface area (Å²) in [5.41, 5.74) is 3.07. The Hall–Kier alpha value is -2.46. The van der Waals surface area contributed by atoms with Crippen LogP contribution in [0.3, 0.4) is 0 Å². The maximum Gasteiger partial charge on any atom is 0.246 e. The van der Waals surface area contributed by atoms with Gasteiger partial charge in [0.05, 0.1) is 18.7 Å². The molecule has 0 fully saturated rings. The number of nitrogens with zero attached hydrogens (tertiary/aromatic N) is 1. The zero-order valence-corrected chi connectivity index (χ0v) is 16.3. The Morgan fingerprint density at radius 2 is 2.00 bits per heavy atom. The summed E-state index contributed by atoms with van der Waals surface area (Å²) in [6, 6.07) is 11.6. The molecular formula is C21H24ClNO3. The van der Waals surface area contributed by atoms with Crippen LogP contribution in [-0.2, 0) is 11.3 Å². The van der Waals surface area contributed by atoms with Crippen LogP contribution in [0.2, 0.25) is 5.02 Å². The second-order valence-electron chi connectivity index (χ2n) is 5.92. The molecule has 26 heavy (non-hydrogen) atoms. The third-order valence-corrected chi connectivity index (χ3v) is 4.28. The first-order valence-electron chi connectivity index (χ1n) is 8.44. The molecule has 0 N–H and O–H groups in total. The highest BCUT2D eigenvalue weighted by atomic mass is 35.5. The summed E-state index contributed by atoms with van der Waals surface area (Å²) in [4.78, 5) is 14.1. The Morgan fingerprint density at radius 3 is 2.65 bits per heavy atom. The van der Waals surface area contributed by atoms with Crippen LogP contribution < -0.4 is 9.47 Å². The summed E-state index contributed by atoms with van der Waals surface area (Å²) in [5.74, 6) is 0.967. The van der Waals surface area contributed by atoms with Crippen molar-refractivity contribution in [2.75, 3.05) is 20.8 Å². The van der Waals surface area contributed by atoms with E-state index < -0.39 is 0 Å². The van der Waals surface area contributed by atoms with Gasteiger partial charge in [0.1, 0.15) is 0 Å². The number of carbonyl (C=O) groups is 1. The van der Waals surface area contributed by atoms with E-state index in [4.69, 9.17) is 21.1 Å². The number of carbonyl (C=O) groups excluding carboxylic acids is 1. The van der Waals surface area contributed by atoms with E-state index in [0.717, 1.165) is 11.1 Å². The first kappa shape index (κ1) is 19.9. The highest BCUT2D eigenvalue weighted by Crippen LogP contribution is 2.36. The fourth-order valence-electron chi connectivity index (χ4n) is 2.56. The number of ether oxygens (including phenoxy) is 2. The molecule has 0 radical (unpaired) electrons. The van der Waals surface area contributed by atoms with Gasteiger partial charge in [0, 0.05) is 19.7 Å². The van der Waals surface area contributed by atoms with Crippen molar-refractivity contribution in [3.8, 4) is 11.5 Å². The molecular weight excluding hydrogens is 350 g/mol. The van der Waals surface area contributed by atoms with Gasteiger partial charge in [-0.05, 0) is 48.7 Å². The molecule has 138 valence electrons. The van der Waals surface area contributed by atoms with Crippen LogP contribution in [-0.4, -0.2) is 31.6 Å². The van der Waals surface area contributed by atoms with Crippen LogP contribution in [0, 0.1) is 6.92 Å². The lowest BCUT2D eigenvalue weighted by Crippen LogP contribution is -2.24. The Bertz CT molecular complexity index is 802. The minimum atomic E-state index is -0.0850. The van der Waals surface area contributed by atoms with Crippen LogP contribution >= 0.6 is 11.6 Å². The Morgan fingerprint density at radius 1 is 1.27 bits per heavy atom. The van der Waals surface area contributed by atoms with E-state index in [2.05, 4.69) is 0 Å². The molecule has 0 saturated carbocycles. The Kier molecular flexibility index (Phi) is 7.10. The third-order valence-electron chi connectivity index (χ3n) is 4.00. The van der Waals surface area contributed by atoms with Crippen molar-refractivity contribution in [2.45, 2.75) is 20.4 Å². The molecule has 2 rings (SSSR count). The molecule has 0 saturated heterocycles. The maximum atomic E-state index is 12.4. The number of methoxy groups -OCH3 is 1. The summed E-state index contributed by atoms with van der Waals surface area (Å²) in [7, 11) is 3.33. The first-order valence-corrected chi connectivity index (χ1v) is 8.82. The van der Waals surface area contributed by atoms with Crippen molar-refractivity contribution in [3.05, 3.63) is 64.2 Å². The molecule has 4 nitrogen and oxygen atoms in total. The lowest BCUT2D eigenvalue weighted by molar-refractivity contribution is -0.125. The summed E-state index contributed by atoms with van der Waals surface area (Å²) in [6.07, 6.45) is 3.26. The largest absolute Gasteiger partial charge is 0.491 e. The second kappa shape index (κ2) is 9.30. The van der Waals surface area contributed by atoms with Crippen molar-refractivity contribution in [1.29, 1.82) is 0 Å². The molecule has 2 aromatic rings. The van der Waals surface area contributed by atoms with E-state index in [1.54, 1.807) is 37.3 Å². The van der Waals surface area contributed by atoms with Crippen molar-refractivity contribution in [3.63, 3.8) is 0 Å². The number of rotatable bonds is 7. The Balaban J connectivity index is 2.13. The van der Waals surface area contributed by atoms with Crippen molar-refractivity contribution < 1.29 is 14.3 Å². The number of hydrogen-bond donors (Lipinski definition) is 0. The van der Waals surface area contributed by atoms with Crippen LogP contribution in [0.1, 0.15) is 23.6 Å². The fourth-order valence-corrected chi connectivity index (χ4v) is 2.86. The van der Waals surface area contributed by atoms with E-state index in [-0.39, 0.29) is 5.91 Å². The van der Waals surface area contributed by atoms with Gasteiger partial charge in [0.15, 0.2) is 11.5 Å². The average molecular weight is 374 g/mol. The van der Waals surface area contributed by atoms with E-state index in [0.29, 0.717) is 29.7 Å². The predicted molar refractivity (Wildman–Crippen MR) is 106 cm³/mol. The number of hydrogen-bond acceptors (Lipinski definition) is 3. The summed E-state index contributed by atoms with van der Waals surface area (Å²) >= 11 is 6.24. The van der Waals surface area contributed by atoms with Gasteiger partial charge in [0.2, 0.25) is 5.91 Å². The molecule has 5 heteroatoms. The average Bonchev–Trinajstić information content (AvgIpc) is 2.61. The predicted octanol–water partition coefficient (Wildman–Crippen LogP) is 4.73. The van der Waals surface area contributed by atoms with E-state index in [1.165, 1.54) is 11.6 Å². The van der Waals surface area contributed by atoms with Crippen molar-refractivity contribution in [2.24, 2.45) is 0 Å². The van der Waals surface area contributed by atoms with Crippen LogP contribution in [0.25, 0.3) is 6.08 Å². The van der Waals surface area contributed by atoms with Gasteiger partial charge in [-0.2, -0.15) is 0 Å². The molecule has 1 amide bonds. The first-order chi connectivity index (χ1) is 12.5. The third kappa shape index (κ3) is 5.02. The Labute approximate surface area is 160 Å². The molecule has 0 spiro atoms. The molecule has 0 aliphatic carbocycles. The monoisotopic (exact) mass is 373 g/mol. The van der Waals surface area contributed by atoms with Crippen LogP contribution in [0.15, 0.2) is 42.5 Å². The van der Waals surface area contributed by atoms with E-state index >= 15 is 0 Å². The molecule has 0 unspecified atom stereocenters. The molecule has 2 aromatic carbocycles. The maximum absolute atomic E-state index is 12.4. The summed E-state index contributed by atoms with van der Waals surface area (Å²) in [6.45, 7) is 4.99. The highest BCUT2D eigenvalue weighted by Gasteiger charge is 2.11. The molecule has 0 bridgehead atoms. The topological polar surface area (TPSA) is 38.8 Å². The van der Waals surface area contributed by atoms with Crippen LogP contribution in [0.4, 0.5) is 0 Å². The van der Waals surface area contributed by atoms with Gasteiger partial charge >= 0.3 is 0 Å². The van der Waals surface area contributed by atoms with Gasteiger partial charge in [-0.3, -0.25) is 4.79 Å². The van der Waals surface area contributed by atoms with Gasteiger partial charge < -0.3 is 14.4 Å².